The first-order valence-corrected chi connectivity index (χ1v) is 10.5. The van der Waals surface area contributed by atoms with E-state index in [0.717, 1.165) is 12.1 Å². The molecule has 13 heteroatoms. The van der Waals surface area contributed by atoms with Gasteiger partial charge in [0.15, 0.2) is 5.78 Å². The van der Waals surface area contributed by atoms with Crippen molar-refractivity contribution in [3.05, 3.63) is 56.4 Å². The van der Waals surface area contributed by atoms with Crippen molar-refractivity contribution >= 4 is 29.0 Å². The van der Waals surface area contributed by atoms with Gasteiger partial charge in [0.25, 0.3) is 5.69 Å². The zero-order valence-corrected chi connectivity index (χ0v) is 19.2. The van der Waals surface area contributed by atoms with E-state index in [1.807, 2.05) is 0 Å². The average molecular weight is 496 g/mol. The van der Waals surface area contributed by atoms with Crippen LogP contribution < -0.4 is 4.90 Å². The summed E-state index contributed by atoms with van der Waals surface area (Å²) in [5, 5.41) is 11.4. The Morgan fingerprint density at radius 2 is 1.80 bits per heavy atom. The molecule has 1 N–H and O–H groups in total. The van der Waals surface area contributed by atoms with Gasteiger partial charge in [-0.15, -0.1) is 0 Å². The number of rotatable bonds is 6. The van der Waals surface area contributed by atoms with Crippen molar-refractivity contribution in [2.24, 2.45) is 0 Å². The highest BCUT2D eigenvalue weighted by molar-refractivity contribution is 6.01. The number of aromatic amines is 1. The van der Waals surface area contributed by atoms with Crippen LogP contribution in [0.1, 0.15) is 44.6 Å². The van der Waals surface area contributed by atoms with Crippen LogP contribution in [0.5, 0.6) is 0 Å². The van der Waals surface area contributed by atoms with Crippen LogP contribution in [0.25, 0.3) is 0 Å². The molecule has 0 unspecified atom stereocenters. The van der Waals surface area contributed by atoms with Gasteiger partial charge in [0.05, 0.1) is 35.3 Å². The van der Waals surface area contributed by atoms with Gasteiger partial charge in [-0.2, -0.15) is 13.2 Å². The molecule has 2 aromatic rings. The fourth-order valence-electron chi connectivity index (χ4n) is 4.09. The summed E-state index contributed by atoms with van der Waals surface area (Å²) in [4.78, 5) is 53.4. The maximum atomic E-state index is 13.0. The number of hydrogen-bond acceptors (Lipinski definition) is 7. The lowest BCUT2D eigenvalue weighted by Gasteiger charge is -2.36. The number of ether oxygens (including phenoxy) is 1. The fourth-order valence-corrected chi connectivity index (χ4v) is 4.09. The van der Waals surface area contributed by atoms with Crippen molar-refractivity contribution in [2.75, 3.05) is 38.2 Å². The third kappa shape index (κ3) is 5.28. The molecule has 1 saturated heterocycles. The summed E-state index contributed by atoms with van der Waals surface area (Å²) in [7, 11) is 1.19. The Kier molecular flexibility index (Phi) is 7.17. The predicted molar refractivity (Wildman–Crippen MR) is 117 cm³/mol. The zero-order chi connectivity index (χ0) is 26.1. The molecule has 0 radical (unpaired) electrons. The van der Waals surface area contributed by atoms with Crippen LogP contribution in [-0.4, -0.2) is 65.8 Å². The topological polar surface area (TPSA) is 126 Å². The van der Waals surface area contributed by atoms with Crippen molar-refractivity contribution in [1.82, 2.24) is 9.88 Å². The second-order valence-corrected chi connectivity index (χ2v) is 8.03. The van der Waals surface area contributed by atoms with Crippen LogP contribution in [0.15, 0.2) is 18.2 Å². The van der Waals surface area contributed by atoms with Crippen molar-refractivity contribution < 1.29 is 37.2 Å². The number of carbonyl (C=O) groups is 3. The Hall–Kier alpha value is -3.90. The van der Waals surface area contributed by atoms with Crippen molar-refractivity contribution in [3.63, 3.8) is 0 Å². The van der Waals surface area contributed by atoms with Gasteiger partial charge in [-0.1, -0.05) is 0 Å². The van der Waals surface area contributed by atoms with E-state index in [2.05, 4.69) is 4.98 Å². The summed E-state index contributed by atoms with van der Waals surface area (Å²) >= 11 is 0. The van der Waals surface area contributed by atoms with Crippen molar-refractivity contribution in [2.45, 2.75) is 26.4 Å². The molecule has 0 atom stereocenters. The van der Waals surface area contributed by atoms with E-state index in [1.54, 1.807) is 11.8 Å². The Balaban J connectivity index is 1.75. The maximum Gasteiger partial charge on any atom is 0.416 e. The molecule has 0 saturated carbocycles. The molecule has 0 aliphatic carbocycles. The van der Waals surface area contributed by atoms with E-state index in [4.69, 9.17) is 4.74 Å². The summed E-state index contributed by atoms with van der Waals surface area (Å²) in [5.41, 5.74) is -0.806. The number of amides is 1. The molecular weight excluding hydrogens is 473 g/mol. The molecule has 1 fully saturated rings. The lowest BCUT2D eigenvalue weighted by molar-refractivity contribution is -0.384. The van der Waals surface area contributed by atoms with E-state index in [0.29, 0.717) is 11.6 Å². The third-order valence-electron chi connectivity index (χ3n) is 5.87. The summed E-state index contributed by atoms with van der Waals surface area (Å²) in [5.74, 6) is -1.35. The van der Waals surface area contributed by atoms with Gasteiger partial charge in [0.1, 0.15) is 5.69 Å². The summed E-state index contributed by atoms with van der Waals surface area (Å²) in [6.45, 7) is 3.52. The van der Waals surface area contributed by atoms with E-state index in [9.17, 15) is 37.7 Å². The standard InChI is InChI=1S/C22H23F3N4O6/c1-12-19(21(32)35-3)15(26-20(12)13(2)30)11-18(31)28-8-6-27(7-9-28)16-5-4-14(22(23,24)25)10-17(16)29(33)34/h4-5,10,26H,6-9,11H2,1-3H3. The van der Waals surface area contributed by atoms with Crippen LogP contribution in [0.2, 0.25) is 0 Å². The highest BCUT2D eigenvalue weighted by Crippen LogP contribution is 2.36. The van der Waals surface area contributed by atoms with E-state index in [-0.39, 0.29) is 66.9 Å². The number of hydrogen-bond donors (Lipinski definition) is 1. The van der Waals surface area contributed by atoms with Gasteiger partial charge in [-0.25, -0.2) is 4.79 Å². The SMILES string of the molecule is COC(=O)c1c(CC(=O)N2CCN(c3ccc(C(F)(F)F)cc3[N+](=O)[O-])CC2)[nH]c(C(C)=O)c1C. The number of esters is 1. The van der Waals surface area contributed by atoms with E-state index >= 15 is 0 Å². The molecular formula is C22H23F3N4O6. The van der Waals surface area contributed by atoms with Gasteiger partial charge in [-0.3, -0.25) is 19.7 Å². The monoisotopic (exact) mass is 496 g/mol. The zero-order valence-electron chi connectivity index (χ0n) is 19.2. The molecule has 1 aliphatic heterocycles. The molecule has 1 aromatic heterocycles. The minimum absolute atomic E-state index is 0.0363. The number of nitro benzene ring substituents is 1. The first kappa shape index (κ1) is 25.7. The van der Waals surface area contributed by atoms with Crippen LogP contribution >= 0.6 is 0 Å². The number of piperazine rings is 1. The maximum absolute atomic E-state index is 13.0. The van der Waals surface area contributed by atoms with Gasteiger partial charge in [-0.05, 0) is 24.6 Å². The number of H-pyrrole nitrogens is 1. The molecule has 35 heavy (non-hydrogen) atoms. The average Bonchev–Trinajstić information content (AvgIpc) is 3.13. The second kappa shape index (κ2) is 9.76. The van der Waals surface area contributed by atoms with Crippen molar-refractivity contribution in [1.29, 1.82) is 0 Å². The smallest absolute Gasteiger partial charge is 0.416 e. The van der Waals surface area contributed by atoms with Gasteiger partial charge < -0.3 is 19.5 Å². The Labute approximate surface area is 197 Å². The number of alkyl halides is 3. The summed E-state index contributed by atoms with van der Waals surface area (Å²) in [6.07, 6.45) is -4.92. The normalized spacial score (nSPS) is 14.1. The molecule has 1 amide bonds. The van der Waals surface area contributed by atoms with E-state index in [1.165, 1.54) is 18.9 Å². The molecule has 1 aromatic carbocycles. The Morgan fingerprint density at radius 3 is 2.31 bits per heavy atom. The summed E-state index contributed by atoms with van der Waals surface area (Å²) in [6, 6.07) is 2.35. The number of carbonyl (C=O) groups excluding carboxylic acids is 3. The lowest BCUT2D eigenvalue weighted by atomic mass is 10.1. The number of nitrogens with zero attached hydrogens (tertiary/aromatic N) is 3. The quantitative estimate of drug-likeness (QED) is 0.282. The van der Waals surface area contributed by atoms with Crippen LogP contribution in [0, 0.1) is 17.0 Å². The Morgan fingerprint density at radius 1 is 1.17 bits per heavy atom. The van der Waals surface area contributed by atoms with Gasteiger partial charge in [0.2, 0.25) is 5.91 Å². The fraction of sp³-hybridized carbons (Fsp3) is 0.409. The first-order valence-electron chi connectivity index (χ1n) is 10.5. The van der Waals surface area contributed by atoms with Crippen LogP contribution in [0.4, 0.5) is 24.5 Å². The highest BCUT2D eigenvalue weighted by atomic mass is 19.4. The largest absolute Gasteiger partial charge is 0.465 e. The highest BCUT2D eigenvalue weighted by Gasteiger charge is 2.35. The number of aromatic nitrogens is 1. The first-order chi connectivity index (χ1) is 16.3. The van der Waals surface area contributed by atoms with Crippen LogP contribution in [-0.2, 0) is 22.1 Å². The molecule has 2 heterocycles. The summed E-state index contributed by atoms with van der Waals surface area (Å²) < 4.78 is 43.7. The number of nitro groups is 1. The number of ketones is 1. The molecule has 10 nitrogen and oxygen atoms in total. The number of benzene rings is 1. The van der Waals surface area contributed by atoms with Gasteiger partial charge in [0, 0.05) is 44.9 Å². The molecule has 3 rings (SSSR count). The molecule has 0 bridgehead atoms. The molecule has 188 valence electrons. The number of nitrogens with one attached hydrogen (secondary N) is 1. The number of halogens is 3. The minimum atomic E-state index is -4.71. The second-order valence-electron chi connectivity index (χ2n) is 8.03. The number of Topliss-reactive ketones (excluding diaryl/α,β-unsaturated/α-hetero) is 1. The van der Waals surface area contributed by atoms with Gasteiger partial charge >= 0.3 is 12.1 Å². The number of anilines is 1. The van der Waals surface area contributed by atoms with Crippen molar-refractivity contribution in [3.8, 4) is 0 Å². The lowest BCUT2D eigenvalue weighted by Crippen LogP contribution is -2.49. The third-order valence-corrected chi connectivity index (χ3v) is 5.87. The molecule has 0 spiro atoms. The number of methoxy groups -OCH3 is 1. The van der Waals surface area contributed by atoms with Crippen LogP contribution in [0.3, 0.4) is 0 Å². The minimum Gasteiger partial charge on any atom is -0.465 e. The Bertz CT molecular complexity index is 1180. The molecule has 1 aliphatic rings. The van der Waals surface area contributed by atoms with E-state index < -0.39 is 28.3 Å². The predicted octanol–water partition coefficient (Wildman–Crippen LogP) is 3.13.